The molecule has 4 heteroatoms. The van der Waals surface area contributed by atoms with E-state index in [1.54, 1.807) is 6.07 Å². The van der Waals surface area contributed by atoms with Crippen molar-refractivity contribution in [2.75, 3.05) is 11.9 Å². The molecule has 0 bridgehead atoms. The second kappa shape index (κ2) is 5.53. The monoisotopic (exact) mass is 260 g/mol. The van der Waals surface area contributed by atoms with Gasteiger partial charge in [0.15, 0.2) is 0 Å². The summed E-state index contributed by atoms with van der Waals surface area (Å²) >= 11 is 0. The number of carbonyl (C=O) groups is 1. The van der Waals surface area contributed by atoms with Gasteiger partial charge in [0.25, 0.3) is 0 Å². The number of hydrogen-bond donors (Lipinski definition) is 2. The number of rotatable bonds is 3. The SMILES string of the molecule is CC(=NCC(C)C)C1C(=O)Nc2ccccc2C1O. The smallest absolute Gasteiger partial charge is 0.236 e. The largest absolute Gasteiger partial charge is 0.387 e. The Hall–Kier alpha value is -1.68. The highest BCUT2D eigenvalue weighted by atomic mass is 16.3. The first-order chi connectivity index (χ1) is 9.00. The van der Waals surface area contributed by atoms with Gasteiger partial charge in [-0.1, -0.05) is 32.0 Å². The zero-order valence-electron chi connectivity index (χ0n) is 11.6. The van der Waals surface area contributed by atoms with E-state index in [2.05, 4.69) is 24.2 Å². The van der Waals surface area contributed by atoms with Crippen molar-refractivity contribution in [2.45, 2.75) is 26.9 Å². The summed E-state index contributed by atoms with van der Waals surface area (Å²) in [4.78, 5) is 16.5. The molecule has 1 aliphatic rings. The Morgan fingerprint density at radius 2 is 2.11 bits per heavy atom. The van der Waals surface area contributed by atoms with Crippen LogP contribution in [0.3, 0.4) is 0 Å². The third-order valence-corrected chi connectivity index (χ3v) is 3.29. The van der Waals surface area contributed by atoms with Crippen molar-refractivity contribution < 1.29 is 9.90 Å². The van der Waals surface area contributed by atoms with E-state index in [0.29, 0.717) is 23.9 Å². The molecule has 2 rings (SSSR count). The van der Waals surface area contributed by atoms with Gasteiger partial charge in [-0.15, -0.1) is 0 Å². The number of nitrogens with one attached hydrogen (secondary N) is 1. The van der Waals surface area contributed by atoms with Crippen LogP contribution in [0.2, 0.25) is 0 Å². The van der Waals surface area contributed by atoms with E-state index in [1.807, 2.05) is 25.1 Å². The average Bonchev–Trinajstić information content (AvgIpc) is 2.36. The highest BCUT2D eigenvalue weighted by Gasteiger charge is 2.36. The first-order valence-electron chi connectivity index (χ1n) is 6.59. The summed E-state index contributed by atoms with van der Waals surface area (Å²) in [5, 5.41) is 13.2. The van der Waals surface area contributed by atoms with Crippen molar-refractivity contribution >= 4 is 17.3 Å². The van der Waals surface area contributed by atoms with E-state index in [4.69, 9.17) is 0 Å². The van der Waals surface area contributed by atoms with Crippen molar-refractivity contribution in [3.8, 4) is 0 Å². The fourth-order valence-corrected chi connectivity index (χ4v) is 2.25. The molecule has 1 aromatic rings. The van der Waals surface area contributed by atoms with Gasteiger partial charge >= 0.3 is 0 Å². The second-order valence-corrected chi connectivity index (χ2v) is 5.37. The van der Waals surface area contributed by atoms with E-state index in [9.17, 15) is 9.90 Å². The predicted molar refractivity (Wildman–Crippen MR) is 76.3 cm³/mol. The molecular formula is C15H20N2O2. The number of fused-ring (bicyclic) bond motifs is 1. The Kier molecular flexibility index (Phi) is 4.00. The molecule has 0 radical (unpaired) electrons. The average molecular weight is 260 g/mol. The van der Waals surface area contributed by atoms with E-state index in [-0.39, 0.29) is 5.91 Å². The molecule has 1 aromatic carbocycles. The molecule has 0 saturated heterocycles. The van der Waals surface area contributed by atoms with Gasteiger partial charge in [-0.2, -0.15) is 0 Å². The van der Waals surface area contributed by atoms with Crippen LogP contribution >= 0.6 is 0 Å². The van der Waals surface area contributed by atoms with Crippen LogP contribution in [-0.4, -0.2) is 23.3 Å². The Balaban J connectivity index is 2.28. The van der Waals surface area contributed by atoms with Crippen molar-refractivity contribution in [2.24, 2.45) is 16.8 Å². The van der Waals surface area contributed by atoms with Gasteiger partial charge in [-0.3, -0.25) is 9.79 Å². The molecule has 0 aliphatic carbocycles. The van der Waals surface area contributed by atoms with Crippen LogP contribution in [0.4, 0.5) is 5.69 Å². The van der Waals surface area contributed by atoms with Gasteiger partial charge in [0.1, 0.15) is 5.92 Å². The van der Waals surface area contributed by atoms with Gasteiger partial charge in [-0.25, -0.2) is 0 Å². The van der Waals surface area contributed by atoms with Crippen molar-refractivity contribution in [3.63, 3.8) is 0 Å². The summed E-state index contributed by atoms with van der Waals surface area (Å²) in [5.41, 5.74) is 2.13. The number of aliphatic hydroxyl groups is 1. The Labute approximate surface area is 113 Å². The summed E-state index contributed by atoms with van der Waals surface area (Å²) in [7, 11) is 0. The molecule has 1 aliphatic heterocycles. The number of amides is 1. The van der Waals surface area contributed by atoms with Crippen molar-refractivity contribution in [3.05, 3.63) is 29.8 Å². The molecule has 4 nitrogen and oxygen atoms in total. The number of aliphatic hydroxyl groups excluding tert-OH is 1. The van der Waals surface area contributed by atoms with Gasteiger partial charge in [0, 0.05) is 23.5 Å². The number of para-hydroxylation sites is 1. The third-order valence-electron chi connectivity index (χ3n) is 3.29. The third kappa shape index (κ3) is 2.84. The minimum Gasteiger partial charge on any atom is -0.387 e. The number of hydrogen-bond acceptors (Lipinski definition) is 3. The normalized spacial score (nSPS) is 23.2. The summed E-state index contributed by atoms with van der Waals surface area (Å²) < 4.78 is 0. The topological polar surface area (TPSA) is 61.7 Å². The predicted octanol–water partition coefficient (Wildman–Crippen LogP) is 2.41. The van der Waals surface area contributed by atoms with Crippen LogP contribution in [0.25, 0.3) is 0 Å². The van der Waals surface area contributed by atoms with E-state index in [1.165, 1.54) is 0 Å². The molecule has 102 valence electrons. The summed E-state index contributed by atoms with van der Waals surface area (Å²) in [6.07, 6.45) is -0.819. The quantitative estimate of drug-likeness (QED) is 0.820. The zero-order chi connectivity index (χ0) is 14.0. The molecule has 1 heterocycles. The molecule has 19 heavy (non-hydrogen) atoms. The first-order valence-corrected chi connectivity index (χ1v) is 6.59. The number of nitrogens with zero attached hydrogens (tertiary/aromatic N) is 1. The maximum atomic E-state index is 12.1. The number of aliphatic imine (C=N–C) groups is 1. The van der Waals surface area contributed by atoms with Crippen LogP contribution in [0, 0.1) is 11.8 Å². The lowest BCUT2D eigenvalue weighted by Gasteiger charge is -2.29. The molecular weight excluding hydrogens is 240 g/mol. The summed E-state index contributed by atoms with van der Waals surface area (Å²) in [6.45, 7) is 6.63. The zero-order valence-corrected chi connectivity index (χ0v) is 11.6. The Morgan fingerprint density at radius 3 is 2.79 bits per heavy atom. The summed E-state index contributed by atoms with van der Waals surface area (Å²) in [5.74, 6) is -0.337. The highest BCUT2D eigenvalue weighted by Crippen LogP contribution is 2.34. The van der Waals surface area contributed by atoms with E-state index in [0.717, 1.165) is 5.56 Å². The molecule has 0 aromatic heterocycles. The lowest BCUT2D eigenvalue weighted by molar-refractivity contribution is -0.121. The van der Waals surface area contributed by atoms with Crippen LogP contribution in [0.1, 0.15) is 32.4 Å². The molecule has 0 saturated carbocycles. The summed E-state index contributed by atoms with van der Waals surface area (Å²) in [6, 6.07) is 7.33. The van der Waals surface area contributed by atoms with Crippen LogP contribution < -0.4 is 5.32 Å². The molecule has 2 atom stereocenters. The second-order valence-electron chi connectivity index (χ2n) is 5.37. The van der Waals surface area contributed by atoms with Gasteiger partial charge in [0.2, 0.25) is 5.91 Å². The lowest BCUT2D eigenvalue weighted by Crippen LogP contribution is -2.38. The van der Waals surface area contributed by atoms with Crippen LogP contribution in [-0.2, 0) is 4.79 Å². The highest BCUT2D eigenvalue weighted by molar-refractivity contribution is 6.11. The fourth-order valence-electron chi connectivity index (χ4n) is 2.25. The Morgan fingerprint density at radius 1 is 1.42 bits per heavy atom. The van der Waals surface area contributed by atoms with Crippen molar-refractivity contribution in [1.29, 1.82) is 0 Å². The standard InChI is InChI=1S/C15H20N2O2/c1-9(2)8-16-10(3)13-14(18)11-6-4-5-7-12(11)17-15(13)19/h4-7,9,13-14,18H,8H2,1-3H3,(H,17,19). The maximum Gasteiger partial charge on any atom is 0.236 e. The lowest BCUT2D eigenvalue weighted by atomic mass is 9.87. The molecule has 2 unspecified atom stereocenters. The van der Waals surface area contributed by atoms with Crippen molar-refractivity contribution in [1.82, 2.24) is 0 Å². The Bertz CT molecular complexity index is 509. The molecule has 0 fully saturated rings. The molecule has 1 amide bonds. The van der Waals surface area contributed by atoms with E-state index < -0.39 is 12.0 Å². The van der Waals surface area contributed by atoms with Crippen LogP contribution in [0.15, 0.2) is 29.3 Å². The minimum absolute atomic E-state index is 0.184. The molecule has 0 spiro atoms. The minimum atomic E-state index is -0.819. The fraction of sp³-hybridized carbons (Fsp3) is 0.467. The van der Waals surface area contributed by atoms with Gasteiger partial charge < -0.3 is 10.4 Å². The van der Waals surface area contributed by atoms with Gasteiger partial charge in [-0.05, 0) is 18.9 Å². The maximum absolute atomic E-state index is 12.1. The number of anilines is 1. The number of benzene rings is 1. The first kappa shape index (κ1) is 13.7. The van der Waals surface area contributed by atoms with Gasteiger partial charge in [0.05, 0.1) is 6.10 Å². The molecule has 2 N–H and O–H groups in total. The van der Waals surface area contributed by atoms with E-state index >= 15 is 0 Å². The van der Waals surface area contributed by atoms with Crippen LogP contribution in [0.5, 0.6) is 0 Å². The number of carbonyl (C=O) groups excluding carboxylic acids is 1.